The van der Waals surface area contributed by atoms with Crippen LogP contribution in [-0.4, -0.2) is 32.0 Å². The number of ether oxygens (including phenoxy) is 3. The summed E-state index contributed by atoms with van der Waals surface area (Å²) >= 11 is 12.8. The fourth-order valence-corrected chi connectivity index (χ4v) is 4.46. The van der Waals surface area contributed by atoms with E-state index in [1.807, 2.05) is 24.3 Å². The maximum atomic E-state index is 13.2. The monoisotopic (exact) mass is 553 g/mol. The number of aldehydes is 1. The van der Waals surface area contributed by atoms with Gasteiger partial charge in [0, 0.05) is 17.5 Å². The lowest BCUT2D eigenvalue weighted by Crippen LogP contribution is -2.15. The molecule has 0 spiro atoms. The van der Waals surface area contributed by atoms with Crippen LogP contribution >= 0.6 is 23.2 Å². The lowest BCUT2D eigenvalue weighted by atomic mass is 10.0. The predicted molar refractivity (Wildman–Crippen MR) is 144 cm³/mol. The average molecular weight is 554 g/mol. The summed E-state index contributed by atoms with van der Waals surface area (Å²) in [6.45, 7) is 0. The first-order chi connectivity index (χ1) is 17.9. The Morgan fingerprint density at radius 3 is 2.21 bits per heavy atom. The summed E-state index contributed by atoms with van der Waals surface area (Å²) in [6.07, 6.45) is 3.56. The summed E-state index contributed by atoms with van der Waals surface area (Å²) in [4.78, 5) is 27.2. The zero-order chi connectivity index (χ0) is 26.4. The molecule has 4 aromatic rings. The molecule has 0 aliphatic heterocycles. The molecule has 7 nitrogen and oxygen atoms in total. The largest absolute Gasteiger partial charge is 0.870 e. The maximum absolute atomic E-state index is 13.2. The van der Waals surface area contributed by atoms with E-state index in [9.17, 15) is 9.59 Å². The van der Waals surface area contributed by atoms with Crippen molar-refractivity contribution in [3.8, 4) is 22.6 Å². The molecule has 0 saturated carbocycles. The number of hydrogen-bond acceptors (Lipinski definition) is 6. The fraction of sp³-hybridized carbons (Fsp3) is 0.138. The molecule has 9 heteroatoms. The molecule has 0 aliphatic rings. The zero-order valence-electron chi connectivity index (χ0n) is 20.6. The van der Waals surface area contributed by atoms with Crippen LogP contribution in [0, 0.1) is 0 Å². The average Bonchev–Trinajstić information content (AvgIpc) is 2.94. The van der Waals surface area contributed by atoms with Crippen LogP contribution in [0.2, 0.25) is 10.0 Å². The van der Waals surface area contributed by atoms with E-state index in [1.165, 1.54) is 7.11 Å². The van der Waals surface area contributed by atoms with Crippen molar-refractivity contribution < 1.29 is 34.3 Å². The molecule has 0 aliphatic carbocycles. The summed E-state index contributed by atoms with van der Waals surface area (Å²) in [5, 5.41) is 0.854. The Kier molecular flexibility index (Phi) is 9.85. The van der Waals surface area contributed by atoms with Gasteiger partial charge in [0.2, 0.25) is 0 Å². The second kappa shape index (κ2) is 13.1. The Morgan fingerprint density at radius 1 is 0.895 bits per heavy atom. The molecular weight excluding hydrogens is 529 g/mol. The Morgan fingerprint density at radius 2 is 1.58 bits per heavy atom. The van der Waals surface area contributed by atoms with Crippen molar-refractivity contribution in [1.29, 1.82) is 0 Å². The number of rotatable bonds is 9. The highest BCUT2D eigenvalue weighted by molar-refractivity contribution is 6.35. The number of pyridine rings is 1. The minimum Gasteiger partial charge on any atom is -0.870 e. The Bertz CT molecular complexity index is 1410. The van der Waals surface area contributed by atoms with Crippen molar-refractivity contribution >= 4 is 35.5 Å². The lowest BCUT2D eigenvalue weighted by molar-refractivity contribution is -0.377. The highest BCUT2D eigenvalue weighted by Gasteiger charge is 2.24. The first-order valence-corrected chi connectivity index (χ1v) is 12.1. The third kappa shape index (κ3) is 6.50. The van der Waals surface area contributed by atoms with Crippen molar-refractivity contribution in [2.24, 2.45) is 0 Å². The molecule has 4 rings (SSSR count). The van der Waals surface area contributed by atoms with Crippen LogP contribution in [0.25, 0.3) is 11.1 Å². The van der Waals surface area contributed by atoms with Crippen molar-refractivity contribution in [2.45, 2.75) is 12.5 Å². The highest BCUT2D eigenvalue weighted by atomic mass is 35.5. The molecule has 1 heterocycles. The van der Waals surface area contributed by atoms with Crippen molar-refractivity contribution in [3.63, 3.8) is 0 Å². The van der Waals surface area contributed by atoms with Gasteiger partial charge in [0.25, 0.3) is 0 Å². The molecule has 196 valence electrons. The van der Waals surface area contributed by atoms with Gasteiger partial charge in [-0.15, -0.1) is 0 Å². The van der Waals surface area contributed by atoms with Crippen molar-refractivity contribution in [1.82, 2.24) is 0 Å². The molecule has 0 unspecified atom stereocenters. The molecule has 0 bridgehead atoms. The number of esters is 1. The van der Waals surface area contributed by atoms with Crippen molar-refractivity contribution in [2.75, 3.05) is 14.2 Å². The third-order valence-electron chi connectivity index (χ3n) is 5.89. The van der Waals surface area contributed by atoms with Gasteiger partial charge in [0.15, 0.2) is 23.9 Å². The highest BCUT2D eigenvalue weighted by Crippen LogP contribution is 2.35. The summed E-state index contributed by atoms with van der Waals surface area (Å²) in [5.74, 6) is 0.542. The number of aromatic amines is 1. The van der Waals surface area contributed by atoms with Gasteiger partial charge in [0.1, 0.15) is 22.4 Å². The molecule has 2 N–H and O–H groups in total. The number of halogens is 2. The van der Waals surface area contributed by atoms with E-state index in [4.69, 9.17) is 37.4 Å². The van der Waals surface area contributed by atoms with Gasteiger partial charge >= 0.3 is 5.97 Å². The van der Waals surface area contributed by atoms with Gasteiger partial charge in [0.05, 0.1) is 19.8 Å². The molecule has 3 aromatic carbocycles. The lowest BCUT2D eigenvalue weighted by Gasteiger charge is -2.20. The second-order valence-electron chi connectivity index (χ2n) is 8.16. The number of H-pyrrole nitrogens is 1. The minimum absolute atomic E-state index is 0. The predicted octanol–water partition coefficient (Wildman–Crippen LogP) is 6.27. The second-order valence-corrected chi connectivity index (χ2v) is 8.98. The molecule has 0 saturated heterocycles. The normalized spacial score (nSPS) is 11.2. The zero-order valence-corrected chi connectivity index (χ0v) is 22.1. The van der Waals surface area contributed by atoms with E-state index in [1.54, 1.807) is 62.0 Å². The molecule has 0 fully saturated rings. The number of hydrogen-bond donors (Lipinski definition) is 0. The van der Waals surface area contributed by atoms with Crippen LogP contribution in [0.15, 0.2) is 79.1 Å². The number of carbonyl (C=O) groups excluding carboxylic acids is 2. The Labute approximate surface area is 230 Å². The van der Waals surface area contributed by atoms with E-state index in [0.29, 0.717) is 43.8 Å². The molecule has 1 atom stereocenters. The third-order valence-corrected chi connectivity index (χ3v) is 6.57. The van der Waals surface area contributed by atoms with Crippen LogP contribution in [0.4, 0.5) is 0 Å². The first-order valence-electron chi connectivity index (χ1n) is 11.4. The standard InChI is InChI=1S/C29H23Cl2NO5.H2O/c1-35-26-11-10-22(13-28(26)36-2)27(14-23-24(30)15-32-16-25(23)31)37-29(34)20-8-6-19(7-9-20)21-5-3-4-18(12-21)17-33;/h3-13,15-17,27H,14H2,1-2H3;1H2/t27-;/m0./s1. The molecule has 0 amide bonds. The van der Waals surface area contributed by atoms with E-state index in [-0.39, 0.29) is 11.9 Å². The maximum Gasteiger partial charge on any atom is 0.338 e. The van der Waals surface area contributed by atoms with Gasteiger partial charge in [-0.25, -0.2) is 9.78 Å². The van der Waals surface area contributed by atoms with Gasteiger partial charge in [-0.05, 0) is 47.0 Å². The van der Waals surface area contributed by atoms with Gasteiger partial charge in [-0.2, -0.15) is 0 Å². The summed E-state index contributed by atoms with van der Waals surface area (Å²) in [6, 6.07) is 19.6. The van der Waals surface area contributed by atoms with E-state index < -0.39 is 12.1 Å². The van der Waals surface area contributed by atoms with Crippen LogP contribution < -0.4 is 14.5 Å². The van der Waals surface area contributed by atoms with Crippen LogP contribution in [0.3, 0.4) is 0 Å². The molecule has 0 radical (unpaired) electrons. The Balaban J connectivity index is 0.00000400. The van der Waals surface area contributed by atoms with Gasteiger partial charge in [-0.3, -0.25) is 4.79 Å². The number of aromatic nitrogens is 1. The smallest absolute Gasteiger partial charge is 0.338 e. The molecular formula is C29H25Cl2NO6. The fourth-order valence-electron chi connectivity index (χ4n) is 3.92. The topological polar surface area (TPSA) is 106 Å². The molecule has 38 heavy (non-hydrogen) atoms. The van der Waals surface area contributed by atoms with Crippen LogP contribution in [0.5, 0.6) is 11.5 Å². The van der Waals surface area contributed by atoms with Crippen LogP contribution in [-0.2, 0) is 11.2 Å². The summed E-state index contributed by atoms with van der Waals surface area (Å²) in [5.41, 5.74) is 4.02. The summed E-state index contributed by atoms with van der Waals surface area (Å²) < 4.78 is 16.8. The van der Waals surface area contributed by atoms with E-state index >= 15 is 0 Å². The number of carbonyl (C=O) groups is 2. The van der Waals surface area contributed by atoms with E-state index in [0.717, 1.165) is 17.4 Å². The number of methoxy groups -OCH3 is 2. The SMILES string of the molecule is COc1ccc([C@H](Cc2c(Cl)c[nH+]cc2Cl)OC(=O)c2ccc(-c3cccc(C=O)c3)cc2)cc1OC.[OH-]. The van der Waals surface area contributed by atoms with Crippen LogP contribution in [0.1, 0.15) is 37.9 Å². The van der Waals surface area contributed by atoms with Gasteiger partial charge < -0.3 is 19.7 Å². The van der Waals surface area contributed by atoms with Gasteiger partial charge in [-0.1, -0.05) is 59.6 Å². The van der Waals surface area contributed by atoms with Crippen molar-refractivity contribution in [3.05, 3.63) is 111 Å². The number of benzene rings is 3. The van der Waals surface area contributed by atoms with E-state index in [2.05, 4.69) is 4.98 Å². The first kappa shape index (κ1) is 28.7. The quantitative estimate of drug-likeness (QED) is 0.178. The number of nitrogens with one attached hydrogen (secondary N) is 1. The summed E-state index contributed by atoms with van der Waals surface area (Å²) in [7, 11) is 3.09. The minimum atomic E-state index is -0.714. The Hall–Kier alpha value is -3.91. The molecule has 1 aromatic heterocycles.